The average molecular weight is 536 g/mol. The second kappa shape index (κ2) is 15.3. The second-order valence-electron chi connectivity index (χ2n) is 9.32. The van der Waals surface area contributed by atoms with Crippen LogP contribution in [-0.2, 0) is 35.2 Å². The Kier molecular flexibility index (Phi) is 12.9. The van der Waals surface area contributed by atoms with Crippen LogP contribution in [0, 0.1) is 5.92 Å². The van der Waals surface area contributed by atoms with Crippen LogP contribution in [0.2, 0.25) is 0 Å². The quantitative estimate of drug-likeness (QED) is 0.148. The molecule has 5 atom stereocenters. The van der Waals surface area contributed by atoms with Gasteiger partial charge in [0.2, 0.25) is 23.6 Å². The number of amides is 4. The first kappa shape index (κ1) is 32.0. The normalized spacial score (nSPS) is 14.8. The number of carbonyl (C=O) groups excluding carboxylic acids is 4. The van der Waals surface area contributed by atoms with Crippen molar-refractivity contribution in [2.24, 2.45) is 11.7 Å². The van der Waals surface area contributed by atoms with E-state index in [0.29, 0.717) is 0 Å². The number of hydrogen-bond donors (Lipinski definition) is 7. The van der Waals surface area contributed by atoms with Gasteiger partial charge in [0.1, 0.15) is 24.2 Å². The molecule has 38 heavy (non-hydrogen) atoms. The summed E-state index contributed by atoms with van der Waals surface area (Å²) in [6.07, 6.45) is -0.350. The summed E-state index contributed by atoms with van der Waals surface area (Å²) in [5, 5.41) is 27.9. The highest BCUT2D eigenvalue weighted by Gasteiger charge is 2.30. The molecule has 0 saturated heterocycles. The highest BCUT2D eigenvalue weighted by Crippen LogP contribution is 2.07. The van der Waals surface area contributed by atoms with E-state index in [1.807, 2.05) is 0 Å². The number of nitrogens with two attached hydrogens (primary N) is 1. The van der Waals surface area contributed by atoms with Crippen LogP contribution in [0.15, 0.2) is 30.3 Å². The molecular weight excluding hydrogens is 498 g/mol. The van der Waals surface area contributed by atoms with Gasteiger partial charge in [0.05, 0.1) is 6.04 Å². The van der Waals surface area contributed by atoms with Crippen LogP contribution in [0.5, 0.6) is 0 Å². The molecule has 0 aliphatic carbocycles. The van der Waals surface area contributed by atoms with Crippen molar-refractivity contribution in [2.75, 3.05) is 0 Å². The summed E-state index contributed by atoms with van der Waals surface area (Å²) in [5.74, 6) is -5.56. The lowest BCUT2D eigenvalue weighted by atomic mass is 10.0. The van der Waals surface area contributed by atoms with E-state index in [0.717, 1.165) is 5.56 Å². The maximum absolute atomic E-state index is 13.0. The molecule has 0 aliphatic rings. The number of aliphatic carboxylic acids is 2. The van der Waals surface area contributed by atoms with Crippen molar-refractivity contribution in [3.8, 4) is 0 Å². The van der Waals surface area contributed by atoms with Crippen molar-refractivity contribution in [1.82, 2.24) is 21.3 Å². The molecule has 0 bridgehead atoms. The van der Waals surface area contributed by atoms with Crippen LogP contribution < -0.4 is 27.0 Å². The Balaban J connectivity index is 2.84. The summed E-state index contributed by atoms with van der Waals surface area (Å²) in [7, 11) is 0. The summed E-state index contributed by atoms with van der Waals surface area (Å²) >= 11 is 0. The van der Waals surface area contributed by atoms with Gasteiger partial charge in [0.25, 0.3) is 0 Å². The van der Waals surface area contributed by atoms with E-state index in [1.54, 1.807) is 44.2 Å². The van der Waals surface area contributed by atoms with Gasteiger partial charge in [-0.05, 0) is 31.7 Å². The van der Waals surface area contributed by atoms with Gasteiger partial charge in [-0.2, -0.15) is 0 Å². The van der Waals surface area contributed by atoms with Gasteiger partial charge < -0.3 is 37.2 Å². The molecule has 0 heterocycles. The van der Waals surface area contributed by atoms with Crippen LogP contribution in [0.4, 0.5) is 0 Å². The highest BCUT2D eigenvalue weighted by atomic mass is 16.4. The molecule has 1 aromatic carbocycles. The van der Waals surface area contributed by atoms with Crippen molar-refractivity contribution < 1.29 is 39.0 Å². The van der Waals surface area contributed by atoms with Crippen LogP contribution in [0.1, 0.15) is 46.1 Å². The number of carbonyl (C=O) groups is 6. The number of carboxylic acids is 2. The summed E-state index contributed by atoms with van der Waals surface area (Å²) in [5.41, 5.74) is 6.35. The first-order valence-corrected chi connectivity index (χ1v) is 12.2. The average Bonchev–Trinajstić information content (AvgIpc) is 2.84. The lowest BCUT2D eigenvalue weighted by Gasteiger charge is -2.25. The van der Waals surface area contributed by atoms with Crippen LogP contribution >= 0.6 is 0 Å². The lowest BCUT2D eigenvalue weighted by molar-refractivity contribution is -0.143. The maximum atomic E-state index is 13.0. The number of carboxylic acid groups (broad SMARTS) is 2. The third kappa shape index (κ3) is 10.9. The third-order valence-electron chi connectivity index (χ3n) is 5.66. The number of benzene rings is 1. The molecule has 0 fully saturated rings. The van der Waals surface area contributed by atoms with E-state index in [2.05, 4.69) is 21.3 Å². The minimum atomic E-state index is -1.21. The van der Waals surface area contributed by atoms with E-state index in [9.17, 15) is 33.9 Å². The molecule has 13 heteroatoms. The standard InChI is InChI=1S/C25H37N5O8/c1-13(2)20(25(37)38)30-24(36)18(12-16-8-6-5-7-9-16)29-22(34)15(4)27-21(33)14(3)28-23(35)17(26)10-11-19(31)32/h5-9,13-15,17-18,20H,10-12,26H2,1-4H3,(H,27,33)(H,28,35)(H,29,34)(H,30,36)(H,31,32)(H,37,38)/t14-,15-,17-,18-,20-/m0/s1. The van der Waals surface area contributed by atoms with Gasteiger partial charge in [0.15, 0.2) is 0 Å². The predicted molar refractivity (Wildman–Crippen MR) is 137 cm³/mol. The van der Waals surface area contributed by atoms with Gasteiger partial charge in [-0.25, -0.2) is 4.79 Å². The zero-order valence-electron chi connectivity index (χ0n) is 21.9. The fourth-order valence-electron chi connectivity index (χ4n) is 3.32. The van der Waals surface area contributed by atoms with Crippen LogP contribution in [-0.4, -0.2) is 76.0 Å². The van der Waals surface area contributed by atoms with Gasteiger partial charge in [-0.3, -0.25) is 24.0 Å². The first-order valence-electron chi connectivity index (χ1n) is 12.2. The summed E-state index contributed by atoms with van der Waals surface area (Å²) in [6, 6.07) is 3.18. The van der Waals surface area contributed by atoms with Gasteiger partial charge in [0, 0.05) is 12.8 Å². The molecule has 13 nitrogen and oxygen atoms in total. The molecule has 0 unspecified atom stereocenters. The topological polar surface area (TPSA) is 217 Å². The molecule has 0 radical (unpaired) electrons. The summed E-state index contributed by atoms with van der Waals surface area (Å²) in [6.45, 7) is 6.03. The van der Waals surface area contributed by atoms with E-state index in [4.69, 9.17) is 10.8 Å². The fourth-order valence-corrected chi connectivity index (χ4v) is 3.32. The Morgan fingerprint density at radius 1 is 0.763 bits per heavy atom. The number of hydrogen-bond acceptors (Lipinski definition) is 7. The Morgan fingerprint density at radius 3 is 1.79 bits per heavy atom. The maximum Gasteiger partial charge on any atom is 0.326 e. The van der Waals surface area contributed by atoms with Crippen molar-refractivity contribution in [3.63, 3.8) is 0 Å². The Hall–Kier alpha value is -4.00. The molecule has 0 saturated carbocycles. The van der Waals surface area contributed by atoms with Crippen molar-refractivity contribution in [3.05, 3.63) is 35.9 Å². The highest BCUT2D eigenvalue weighted by molar-refractivity contribution is 5.95. The Morgan fingerprint density at radius 2 is 1.29 bits per heavy atom. The minimum absolute atomic E-state index is 0.0736. The minimum Gasteiger partial charge on any atom is -0.481 e. The molecule has 8 N–H and O–H groups in total. The van der Waals surface area contributed by atoms with E-state index in [1.165, 1.54) is 13.8 Å². The predicted octanol–water partition coefficient (Wildman–Crippen LogP) is -0.859. The van der Waals surface area contributed by atoms with Crippen molar-refractivity contribution >= 4 is 35.6 Å². The molecule has 210 valence electrons. The van der Waals surface area contributed by atoms with Gasteiger partial charge in [-0.15, -0.1) is 0 Å². The van der Waals surface area contributed by atoms with E-state index >= 15 is 0 Å². The SMILES string of the molecule is CC(C)[C@H](NC(=O)[C@H](Cc1ccccc1)NC(=O)[C@H](C)NC(=O)[C@H](C)NC(=O)[C@@H](N)CCC(=O)O)C(=O)O. The Labute approximate surface area is 220 Å². The van der Waals surface area contributed by atoms with E-state index in [-0.39, 0.29) is 19.3 Å². The second-order valence-corrected chi connectivity index (χ2v) is 9.32. The van der Waals surface area contributed by atoms with Crippen molar-refractivity contribution in [2.45, 2.75) is 77.2 Å². The largest absolute Gasteiger partial charge is 0.481 e. The Bertz CT molecular complexity index is 1000. The number of rotatable bonds is 15. The smallest absolute Gasteiger partial charge is 0.326 e. The molecule has 0 spiro atoms. The number of nitrogens with one attached hydrogen (secondary N) is 4. The summed E-state index contributed by atoms with van der Waals surface area (Å²) in [4.78, 5) is 72.6. The van der Waals surface area contributed by atoms with Crippen LogP contribution in [0.25, 0.3) is 0 Å². The zero-order chi connectivity index (χ0) is 29.0. The van der Waals surface area contributed by atoms with E-state index < -0.39 is 71.7 Å². The zero-order valence-corrected chi connectivity index (χ0v) is 21.9. The van der Waals surface area contributed by atoms with Crippen molar-refractivity contribution in [1.29, 1.82) is 0 Å². The van der Waals surface area contributed by atoms with Gasteiger partial charge >= 0.3 is 11.9 Å². The van der Waals surface area contributed by atoms with Gasteiger partial charge in [-0.1, -0.05) is 44.2 Å². The summed E-state index contributed by atoms with van der Waals surface area (Å²) < 4.78 is 0. The molecule has 4 amide bonds. The first-order chi connectivity index (χ1) is 17.7. The van der Waals surface area contributed by atoms with Crippen LogP contribution in [0.3, 0.4) is 0 Å². The molecule has 1 aromatic rings. The molecule has 0 aromatic heterocycles. The fraction of sp³-hybridized carbons (Fsp3) is 0.520. The monoisotopic (exact) mass is 535 g/mol. The third-order valence-corrected chi connectivity index (χ3v) is 5.66. The molecule has 0 aliphatic heterocycles. The lowest BCUT2D eigenvalue weighted by Crippen LogP contribution is -2.58. The molecular formula is C25H37N5O8. The molecule has 1 rings (SSSR count).